The normalized spacial score (nSPS) is 13.4. The number of nitrogens with one attached hydrogen (secondary N) is 1. The van der Waals surface area contributed by atoms with Crippen LogP contribution in [0.15, 0.2) is 24.5 Å². The maximum atomic E-state index is 4.60. The zero-order valence-corrected chi connectivity index (χ0v) is 10.7. The molecule has 0 saturated carbocycles. The average molecular weight is 232 g/mol. The molecule has 0 aliphatic carbocycles. The smallest absolute Gasteiger partial charge is 0.155 e. The van der Waals surface area contributed by atoms with Crippen molar-refractivity contribution in [3.05, 3.63) is 30.2 Å². The van der Waals surface area contributed by atoms with E-state index >= 15 is 0 Å². The molecule has 17 heavy (non-hydrogen) atoms. The van der Waals surface area contributed by atoms with Crippen molar-refractivity contribution < 1.29 is 0 Å². The summed E-state index contributed by atoms with van der Waals surface area (Å²) in [6, 6.07) is 4.46. The third-order valence-corrected chi connectivity index (χ3v) is 3.02. The van der Waals surface area contributed by atoms with E-state index in [0.717, 1.165) is 24.3 Å². The van der Waals surface area contributed by atoms with Crippen molar-refractivity contribution in [1.82, 2.24) is 19.9 Å². The summed E-state index contributed by atoms with van der Waals surface area (Å²) in [5, 5.41) is 7.66. The highest BCUT2D eigenvalue weighted by Crippen LogP contribution is 2.09. The first-order chi connectivity index (χ1) is 8.20. The minimum atomic E-state index is 0.484. The van der Waals surface area contributed by atoms with Crippen LogP contribution in [0, 0.1) is 5.92 Å². The molecule has 1 atom stereocenters. The number of aromatic nitrogens is 3. The van der Waals surface area contributed by atoms with Crippen molar-refractivity contribution in [1.29, 1.82) is 0 Å². The maximum Gasteiger partial charge on any atom is 0.155 e. The molecule has 0 spiro atoms. The van der Waals surface area contributed by atoms with Crippen LogP contribution in [0.1, 0.15) is 26.5 Å². The fraction of sp³-hybridized carbons (Fsp3) is 0.538. The van der Waals surface area contributed by atoms with E-state index in [1.54, 1.807) is 10.7 Å². The Morgan fingerprint density at radius 3 is 2.88 bits per heavy atom. The van der Waals surface area contributed by atoms with Gasteiger partial charge in [0.05, 0.1) is 6.20 Å². The molecule has 0 bridgehead atoms. The summed E-state index contributed by atoms with van der Waals surface area (Å²) in [4.78, 5) is 4.60. The average Bonchev–Trinajstić information content (AvgIpc) is 2.75. The van der Waals surface area contributed by atoms with Crippen molar-refractivity contribution in [2.75, 3.05) is 6.54 Å². The van der Waals surface area contributed by atoms with Crippen molar-refractivity contribution in [2.24, 2.45) is 5.92 Å². The Morgan fingerprint density at radius 2 is 2.18 bits per heavy atom. The van der Waals surface area contributed by atoms with Gasteiger partial charge in [0.25, 0.3) is 0 Å². The van der Waals surface area contributed by atoms with Crippen LogP contribution in [-0.4, -0.2) is 27.2 Å². The fourth-order valence-electron chi connectivity index (χ4n) is 2.00. The van der Waals surface area contributed by atoms with E-state index in [2.05, 4.69) is 36.2 Å². The van der Waals surface area contributed by atoms with Gasteiger partial charge in [-0.2, -0.15) is 5.10 Å². The van der Waals surface area contributed by atoms with Crippen LogP contribution in [0.3, 0.4) is 0 Å². The standard InChI is InChI=1S/C13H20N4/c1-4-14-12(10(2)3)9-11-6-8-17-13(16-11)5-7-15-17/h5-8,10,12,14H,4,9H2,1-3H3. The zero-order valence-electron chi connectivity index (χ0n) is 10.7. The van der Waals surface area contributed by atoms with Crippen LogP contribution >= 0.6 is 0 Å². The maximum absolute atomic E-state index is 4.60. The molecule has 92 valence electrons. The number of rotatable bonds is 5. The number of hydrogen-bond acceptors (Lipinski definition) is 3. The molecular weight excluding hydrogens is 212 g/mol. The Bertz CT molecular complexity index is 475. The van der Waals surface area contributed by atoms with Gasteiger partial charge in [0.2, 0.25) is 0 Å². The third kappa shape index (κ3) is 2.82. The summed E-state index contributed by atoms with van der Waals surface area (Å²) in [5.41, 5.74) is 2.04. The molecule has 0 saturated heterocycles. The van der Waals surface area contributed by atoms with Gasteiger partial charge >= 0.3 is 0 Å². The minimum Gasteiger partial charge on any atom is -0.314 e. The van der Waals surface area contributed by atoms with E-state index in [9.17, 15) is 0 Å². The van der Waals surface area contributed by atoms with Crippen LogP contribution in [0.4, 0.5) is 0 Å². The van der Waals surface area contributed by atoms with Crippen LogP contribution in [-0.2, 0) is 6.42 Å². The highest BCUT2D eigenvalue weighted by Gasteiger charge is 2.13. The van der Waals surface area contributed by atoms with E-state index in [1.165, 1.54) is 0 Å². The summed E-state index contributed by atoms with van der Waals surface area (Å²) in [6.07, 6.45) is 4.71. The summed E-state index contributed by atoms with van der Waals surface area (Å²) in [7, 11) is 0. The molecular formula is C13H20N4. The molecule has 2 rings (SSSR count). The van der Waals surface area contributed by atoms with Gasteiger partial charge in [-0.15, -0.1) is 0 Å². The predicted octanol–water partition coefficient (Wildman–Crippen LogP) is 1.91. The van der Waals surface area contributed by atoms with Gasteiger partial charge < -0.3 is 5.32 Å². The van der Waals surface area contributed by atoms with Crippen LogP contribution < -0.4 is 5.32 Å². The Morgan fingerprint density at radius 1 is 1.35 bits per heavy atom. The van der Waals surface area contributed by atoms with Gasteiger partial charge in [-0.3, -0.25) is 0 Å². The predicted molar refractivity (Wildman–Crippen MR) is 69.0 cm³/mol. The van der Waals surface area contributed by atoms with Gasteiger partial charge in [-0.25, -0.2) is 9.50 Å². The molecule has 0 aliphatic rings. The summed E-state index contributed by atoms with van der Waals surface area (Å²) < 4.78 is 1.79. The molecule has 2 aromatic rings. The first kappa shape index (κ1) is 12.0. The Balaban J connectivity index is 2.15. The minimum absolute atomic E-state index is 0.484. The van der Waals surface area contributed by atoms with Gasteiger partial charge in [-0.05, 0) is 18.5 Å². The first-order valence-corrected chi connectivity index (χ1v) is 6.23. The number of fused-ring (bicyclic) bond motifs is 1. The van der Waals surface area contributed by atoms with E-state index in [-0.39, 0.29) is 0 Å². The third-order valence-electron chi connectivity index (χ3n) is 3.02. The molecule has 0 aromatic carbocycles. The number of nitrogens with zero attached hydrogens (tertiary/aromatic N) is 3. The molecule has 2 heterocycles. The first-order valence-electron chi connectivity index (χ1n) is 6.23. The lowest BCUT2D eigenvalue weighted by molar-refractivity contribution is 0.402. The molecule has 2 aromatic heterocycles. The lowest BCUT2D eigenvalue weighted by atomic mass is 9.99. The van der Waals surface area contributed by atoms with Gasteiger partial charge in [-0.1, -0.05) is 20.8 Å². The molecule has 0 amide bonds. The quantitative estimate of drug-likeness (QED) is 0.856. The second-order valence-corrected chi connectivity index (χ2v) is 4.67. The van der Waals surface area contributed by atoms with Crippen molar-refractivity contribution in [3.8, 4) is 0 Å². The monoisotopic (exact) mass is 232 g/mol. The lowest BCUT2D eigenvalue weighted by Crippen LogP contribution is -2.35. The second-order valence-electron chi connectivity index (χ2n) is 4.67. The molecule has 0 aliphatic heterocycles. The lowest BCUT2D eigenvalue weighted by Gasteiger charge is -2.21. The molecule has 1 unspecified atom stereocenters. The van der Waals surface area contributed by atoms with Crippen LogP contribution in [0.2, 0.25) is 0 Å². The Hall–Kier alpha value is -1.42. The molecule has 1 N–H and O–H groups in total. The van der Waals surface area contributed by atoms with Gasteiger partial charge in [0.1, 0.15) is 0 Å². The van der Waals surface area contributed by atoms with Gasteiger partial charge in [0.15, 0.2) is 5.65 Å². The molecule has 4 nitrogen and oxygen atoms in total. The summed E-state index contributed by atoms with van der Waals surface area (Å²) in [5.74, 6) is 0.609. The van der Waals surface area contributed by atoms with E-state index in [0.29, 0.717) is 12.0 Å². The summed E-state index contributed by atoms with van der Waals surface area (Å²) >= 11 is 0. The topological polar surface area (TPSA) is 42.2 Å². The van der Waals surface area contributed by atoms with Crippen molar-refractivity contribution in [2.45, 2.75) is 33.2 Å². The fourth-order valence-corrected chi connectivity index (χ4v) is 2.00. The SMILES string of the molecule is CCNC(Cc1ccn2nccc2n1)C(C)C. The highest BCUT2D eigenvalue weighted by atomic mass is 15.2. The molecule has 0 fully saturated rings. The van der Waals surface area contributed by atoms with Crippen LogP contribution in [0.25, 0.3) is 5.65 Å². The summed E-state index contributed by atoms with van der Waals surface area (Å²) in [6.45, 7) is 7.62. The largest absolute Gasteiger partial charge is 0.314 e. The molecule has 0 radical (unpaired) electrons. The van der Waals surface area contributed by atoms with E-state index < -0.39 is 0 Å². The van der Waals surface area contributed by atoms with Gasteiger partial charge in [0, 0.05) is 30.4 Å². The second kappa shape index (κ2) is 5.27. The highest BCUT2D eigenvalue weighted by molar-refractivity contribution is 5.36. The zero-order chi connectivity index (χ0) is 12.3. The Kier molecular flexibility index (Phi) is 3.74. The number of hydrogen-bond donors (Lipinski definition) is 1. The van der Waals surface area contributed by atoms with E-state index in [4.69, 9.17) is 0 Å². The number of likely N-dealkylation sites (N-methyl/N-ethyl adjacent to an activating group) is 1. The van der Waals surface area contributed by atoms with Crippen molar-refractivity contribution in [3.63, 3.8) is 0 Å². The molecule has 4 heteroatoms. The van der Waals surface area contributed by atoms with Crippen LogP contribution in [0.5, 0.6) is 0 Å². The Labute approximate surface area is 102 Å². The van der Waals surface area contributed by atoms with Crippen molar-refractivity contribution >= 4 is 5.65 Å². The van der Waals surface area contributed by atoms with E-state index in [1.807, 2.05) is 18.3 Å².